The van der Waals surface area contributed by atoms with Crippen LogP contribution in [0.3, 0.4) is 0 Å². The van der Waals surface area contributed by atoms with E-state index in [0.29, 0.717) is 24.7 Å². The van der Waals surface area contributed by atoms with Crippen LogP contribution >= 0.6 is 11.8 Å². The van der Waals surface area contributed by atoms with E-state index in [1.165, 1.54) is 0 Å². The van der Waals surface area contributed by atoms with Crippen LogP contribution in [0.5, 0.6) is 0 Å². The Hall–Kier alpha value is -2.82. The zero-order chi connectivity index (χ0) is 21.5. The molecule has 0 atom stereocenters. The van der Waals surface area contributed by atoms with Crippen molar-refractivity contribution in [1.29, 1.82) is 5.26 Å². The number of rotatable bonds is 9. The van der Waals surface area contributed by atoms with E-state index < -0.39 is 0 Å². The van der Waals surface area contributed by atoms with Gasteiger partial charge in [-0.1, -0.05) is 18.2 Å². The number of carbonyl (C=O) groups excluding carboxylic acids is 2. The van der Waals surface area contributed by atoms with Crippen molar-refractivity contribution < 1.29 is 9.59 Å². The van der Waals surface area contributed by atoms with E-state index in [-0.39, 0.29) is 18.4 Å². The Balaban J connectivity index is 1.50. The highest BCUT2D eigenvalue weighted by atomic mass is 32.2. The number of aryl methyl sites for hydroxylation is 2. The third-order valence-electron chi connectivity index (χ3n) is 5.08. The second-order valence-electron chi connectivity index (χ2n) is 7.53. The van der Waals surface area contributed by atoms with Gasteiger partial charge in [-0.3, -0.25) is 14.5 Å². The van der Waals surface area contributed by atoms with Gasteiger partial charge in [-0.25, -0.2) is 0 Å². The van der Waals surface area contributed by atoms with Crippen LogP contribution in [0.1, 0.15) is 30.4 Å². The molecule has 30 heavy (non-hydrogen) atoms. The average molecular weight is 423 g/mol. The molecule has 1 fully saturated rings. The predicted octanol–water partition coefficient (Wildman–Crippen LogP) is 4.31. The zero-order valence-electron chi connectivity index (χ0n) is 17.3. The summed E-state index contributed by atoms with van der Waals surface area (Å²) in [5.41, 5.74) is 3.65. The Morgan fingerprint density at radius 1 is 1.07 bits per heavy atom. The molecular weight excluding hydrogens is 396 g/mol. The van der Waals surface area contributed by atoms with Crippen molar-refractivity contribution in [2.75, 3.05) is 23.7 Å². The molecule has 1 aliphatic carbocycles. The molecule has 0 radical (unpaired) electrons. The fourth-order valence-corrected chi connectivity index (χ4v) is 3.71. The monoisotopic (exact) mass is 422 g/mol. The van der Waals surface area contributed by atoms with E-state index in [9.17, 15) is 9.59 Å². The van der Waals surface area contributed by atoms with Gasteiger partial charge < -0.3 is 10.6 Å². The summed E-state index contributed by atoms with van der Waals surface area (Å²) in [5.74, 6) is -0.137. The lowest BCUT2D eigenvalue weighted by molar-refractivity contribution is -0.119. The van der Waals surface area contributed by atoms with Gasteiger partial charge in [0.1, 0.15) is 5.40 Å². The van der Waals surface area contributed by atoms with Crippen molar-refractivity contribution in [3.8, 4) is 5.40 Å². The summed E-state index contributed by atoms with van der Waals surface area (Å²) < 4.78 is 0. The molecule has 0 spiro atoms. The number of benzene rings is 2. The molecule has 7 heteroatoms. The highest BCUT2D eigenvalue weighted by Crippen LogP contribution is 2.27. The number of para-hydroxylation sites is 1. The Morgan fingerprint density at radius 3 is 2.33 bits per heavy atom. The van der Waals surface area contributed by atoms with E-state index in [2.05, 4.69) is 15.5 Å². The maximum absolute atomic E-state index is 12.6. The highest BCUT2D eigenvalue weighted by Gasteiger charge is 2.30. The number of hydrogen-bond donors (Lipinski definition) is 2. The number of thioether (sulfide) groups is 1. The Morgan fingerprint density at radius 2 is 1.73 bits per heavy atom. The fourth-order valence-electron chi connectivity index (χ4n) is 3.33. The van der Waals surface area contributed by atoms with E-state index in [1.807, 2.05) is 37.4 Å². The van der Waals surface area contributed by atoms with Gasteiger partial charge in [0.05, 0.1) is 6.54 Å². The number of nitriles is 1. The number of anilines is 2. The average Bonchev–Trinajstić information content (AvgIpc) is 3.55. The molecule has 0 heterocycles. The van der Waals surface area contributed by atoms with Crippen LogP contribution in [-0.4, -0.2) is 35.8 Å². The van der Waals surface area contributed by atoms with Gasteiger partial charge in [0.15, 0.2) is 0 Å². The minimum absolute atomic E-state index is 0.0507. The van der Waals surface area contributed by atoms with E-state index in [4.69, 9.17) is 5.26 Å². The fraction of sp³-hybridized carbons (Fsp3) is 0.348. The molecule has 3 rings (SSSR count). The second kappa shape index (κ2) is 10.3. The third kappa shape index (κ3) is 6.34. The molecule has 2 aromatic rings. The third-order valence-corrected chi connectivity index (χ3v) is 5.68. The number of amides is 2. The lowest BCUT2D eigenvalue weighted by Crippen LogP contribution is -2.37. The summed E-state index contributed by atoms with van der Waals surface area (Å²) in [6, 6.07) is 13.5. The first kappa shape index (κ1) is 21.9. The zero-order valence-corrected chi connectivity index (χ0v) is 18.1. The largest absolute Gasteiger partial charge is 0.326 e. The number of hydrogen-bond acceptors (Lipinski definition) is 5. The Kier molecular flexibility index (Phi) is 7.50. The minimum Gasteiger partial charge on any atom is -0.326 e. The summed E-state index contributed by atoms with van der Waals surface area (Å²) >= 11 is 1.08. The molecule has 2 aromatic carbocycles. The van der Waals surface area contributed by atoms with Gasteiger partial charge in [-0.05, 0) is 73.8 Å². The summed E-state index contributed by atoms with van der Waals surface area (Å²) in [5, 5.41) is 16.6. The normalized spacial score (nSPS) is 13.0. The minimum atomic E-state index is -0.0866. The molecular formula is C23H26N4O2S. The van der Waals surface area contributed by atoms with Crippen LogP contribution in [0, 0.1) is 24.5 Å². The van der Waals surface area contributed by atoms with Gasteiger partial charge in [-0.2, -0.15) is 5.26 Å². The van der Waals surface area contributed by atoms with Crippen molar-refractivity contribution in [2.45, 2.75) is 44.0 Å². The van der Waals surface area contributed by atoms with Crippen LogP contribution in [-0.2, 0) is 9.59 Å². The van der Waals surface area contributed by atoms with E-state index in [1.54, 1.807) is 24.3 Å². The van der Waals surface area contributed by atoms with Crippen molar-refractivity contribution in [1.82, 2.24) is 4.90 Å². The lowest BCUT2D eigenvalue weighted by Gasteiger charge is -2.22. The molecule has 0 unspecified atom stereocenters. The van der Waals surface area contributed by atoms with Crippen molar-refractivity contribution >= 4 is 35.0 Å². The summed E-state index contributed by atoms with van der Waals surface area (Å²) in [6.07, 6.45) is 2.45. The summed E-state index contributed by atoms with van der Waals surface area (Å²) in [7, 11) is 0. The number of thiocyanates is 1. The van der Waals surface area contributed by atoms with Crippen LogP contribution in [0.25, 0.3) is 0 Å². The first-order valence-electron chi connectivity index (χ1n) is 10.0. The molecule has 2 N–H and O–H groups in total. The first-order chi connectivity index (χ1) is 14.5. The van der Waals surface area contributed by atoms with Crippen molar-refractivity contribution in [2.24, 2.45) is 0 Å². The Labute approximate surface area is 181 Å². The number of nitrogens with one attached hydrogen (secondary N) is 2. The highest BCUT2D eigenvalue weighted by molar-refractivity contribution is 8.03. The van der Waals surface area contributed by atoms with E-state index in [0.717, 1.165) is 46.3 Å². The number of nitrogens with zero attached hydrogens (tertiary/aromatic N) is 2. The summed E-state index contributed by atoms with van der Waals surface area (Å²) in [4.78, 5) is 27.9. The smallest absolute Gasteiger partial charge is 0.238 e. The van der Waals surface area contributed by atoms with Crippen LogP contribution in [0.15, 0.2) is 47.4 Å². The summed E-state index contributed by atoms with van der Waals surface area (Å²) in [6.45, 7) is 4.79. The lowest BCUT2D eigenvalue weighted by atomic mass is 10.1. The molecule has 1 aliphatic rings. The SMILES string of the molecule is Cc1cccc(C)c1NC(=O)CN(CCC(=O)Nc1ccc(SC#N)cc1)C1CC1. The van der Waals surface area contributed by atoms with Gasteiger partial charge in [0.2, 0.25) is 11.8 Å². The molecule has 156 valence electrons. The quantitative estimate of drug-likeness (QED) is 0.465. The number of carbonyl (C=O) groups is 2. The van der Waals surface area contributed by atoms with Gasteiger partial charge >= 0.3 is 0 Å². The topological polar surface area (TPSA) is 85.2 Å². The molecule has 2 amide bonds. The van der Waals surface area contributed by atoms with Gasteiger partial charge in [0.25, 0.3) is 0 Å². The van der Waals surface area contributed by atoms with E-state index >= 15 is 0 Å². The van der Waals surface area contributed by atoms with Gasteiger partial charge in [0, 0.05) is 35.3 Å². The molecule has 0 bridgehead atoms. The second-order valence-corrected chi connectivity index (χ2v) is 8.39. The molecule has 0 aromatic heterocycles. The maximum Gasteiger partial charge on any atom is 0.238 e. The van der Waals surface area contributed by atoms with Gasteiger partial charge in [-0.15, -0.1) is 0 Å². The molecule has 6 nitrogen and oxygen atoms in total. The molecule has 1 saturated carbocycles. The van der Waals surface area contributed by atoms with Crippen LogP contribution in [0.4, 0.5) is 11.4 Å². The first-order valence-corrected chi connectivity index (χ1v) is 10.8. The predicted molar refractivity (Wildman–Crippen MR) is 120 cm³/mol. The molecule has 0 aliphatic heterocycles. The van der Waals surface area contributed by atoms with Crippen molar-refractivity contribution in [3.05, 3.63) is 53.6 Å². The molecule has 0 saturated heterocycles. The Bertz CT molecular complexity index is 928. The van der Waals surface area contributed by atoms with Crippen LogP contribution in [0.2, 0.25) is 0 Å². The van der Waals surface area contributed by atoms with Crippen LogP contribution < -0.4 is 10.6 Å². The standard InChI is InChI=1S/C23H26N4O2S/c1-16-4-3-5-17(2)23(16)26-22(29)14-27(19-8-9-19)13-12-21(28)25-18-6-10-20(11-7-18)30-15-24/h3-7,10-11,19H,8-9,12-14H2,1-2H3,(H,25,28)(H,26,29). The van der Waals surface area contributed by atoms with Crippen molar-refractivity contribution in [3.63, 3.8) is 0 Å². The maximum atomic E-state index is 12.6.